The van der Waals surface area contributed by atoms with Crippen LogP contribution in [0.2, 0.25) is 5.15 Å². The van der Waals surface area contributed by atoms with Crippen molar-refractivity contribution in [2.45, 2.75) is 44.6 Å². The summed E-state index contributed by atoms with van der Waals surface area (Å²) < 4.78 is 0. The molecule has 0 aromatic carbocycles. The predicted molar refractivity (Wildman–Crippen MR) is 60.4 cm³/mol. The number of anilines is 1. The minimum atomic E-state index is 0.558. The summed E-state index contributed by atoms with van der Waals surface area (Å²) in [6.07, 6.45) is 4.92. The zero-order chi connectivity index (χ0) is 10.4. The molecule has 1 N–H and O–H groups in total. The van der Waals surface area contributed by atoms with E-state index in [0.717, 1.165) is 17.2 Å². The Balaban J connectivity index is 1.93. The quantitative estimate of drug-likeness (QED) is 0.801. The molecule has 0 saturated heterocycles. The highest BCUT2D eigenvalue weighted by molar-refractivity contribution is 6.30. The molecule has 2 saturated carbocycles. The third kappa shape index (κ3) is 1.93. The summed E-state index contributed by atoms with van der Waals surface area (Å²) in [6, 6.07) is 0.613. The molecule has 0 radical (unpaired) electrons. The van der Waals surface area contributed by atoms with E-state index in [1.165, 1.54) is 25.7 Å². The van der Waals surface area contributed by atoms with Crippen LogP contribution in [-0.4, -0.2) is 16.0 Å². The van der Waals surface area contributed by atoms with Gasteiger partial charge >= 0.3 is 0 Å². The van der Waals surface area contributed by atoms with Crippen LogP contribution in [0.1, 0.15) is 43.0 Å². The van der Waals surface area contributed by atoms with Crippen molar-refractivity contribution in [1.29, 1.82) is 0 Å². The van der Waals surface area contributed by atoms with Gasteiger partial charge in [-0.2, -0.15) is 0 Å². The molecule has 2 fully saturated rings. The Bertz CT molecular complexity index is 397. The molecule has 1 heterocycles. The summed E-state index contributed by atoms with van der Waals surface area (Å²) in [5.41, 5.74) is 0.980. The van der Waals surface area contributed by atoms with Crippen LogP contribution in [0.15, 0.2) is 0 Å². The lowest BCUT2D eigenvalue weighted by Gasteiger charge is -2.10. The van der Waals surface area contributed by atoms with E-state index in [-0.39, 0.29) is 0 Å². The molecular formula is C11H14ClN3. The van der Waals surface area contributed by atoms with E-state index in [0.29, 0.717) is 17.1 Å². The van der Waals surface area contributed by atoms with Crippen LogP contribution in [0.3, 0.4) is 0 Å². The molecule has 0 spiro atoms. The molecule has 15 heavy (non-hydrogen) atoms. The van der Waals surface area contributed by atoms with Gasteiger partial charge < -0.3 is 5.32 Å². The van der Waals surface area contributed by atoms with Crippen molar-refractivity contribution in [2.75, 3.05) is 5.32 Å². The highest BCUT2D eigenvalue weighted by atomic mass is 35.5. The van der Waals surface area contributed by atoms with Gasteiger partial charge in [0.15, 0.2) is 0 Å². The first-order valence-corrected chi connectivity index (χ1v) is 5.92. The molecule has 3 rings (SSSR count). The largest absolute Gasteiger partial charge is 0.367 e. The van der Waals surface area contributed by atoms with Crippen molar-refractivity contribution >= 4 is 17.4 Å². The van der Waals surface area contributed by atoms with Gasteiger partial charge in [0.05, 0.1) is 0 Å². The molecule has 1 aromatic heterocycles. The number of rotatable bonds is 3. The molecule has 0 atom stereocenters. The molecule has 0 bridgehead atoms. The normalized spacial score (nSPS) is 20.4. The second kappa shape index (κ2) is 3.34. The van der Waals surface area contributed by atoms with Crippen molar-refractivity contribution < 1.29 is 0 Å². The Kier molecular flexibility index (Phi) is 2.09. The lowest BCUT2D eigenvalue weighted by molar-refractivity contribution is 0.911. The minimum absolute atomic E-state index is 0.558. The van der Waals surface area contributed by atoms with Crippen LogP contribution in [0.25, 0.3) is 0 Å². The van der Waals surface area contributed by atoms with E-state index in [1.807, 2.05) is 6.92 Å². The number of hydrogen-bond donors (Lipinski definition) is 1. The van der Waals surface area contributed by atoms with Crippen molar-refractivity contribution in [3.8, 4) is 0 Å². The monoisotopic (exact) mass is 223 g/mol. The molecule has 2 aliphatic carbocycles. The van der Waals surface area contributed by atoms with Gasteiger partial charge in [-0.15, -0.1) is 0 Å². The Morgan fingerprint density at radius 2 is 1.93 bits per heavy atom. The zero-order valence-electron chi connectivity index (χ0n) is 8.76. The fourth-order valence-corrected chi connectivity index (χ4v) is 1.77. The van der Waals surface area contributed by atoms with Crippen LogP contribution in [0.4, 0.5) is 5.82 Å². The van der Waals surface area contributed by atoms with Crippen LogP contribution in [0, 0.1) is 6.92 Å². The maximum absolute atomic E-state index is 6.10. The fourth-order valence-electron chi connectivity index (χ4n) is 1.59. The zero-order valence-corrected chi connectivity index (χ0v) is 9.51. The third-order valence-electron chi connectivity index (χ3n) is 2.96. The number of nitrogens with one attached hydrogen (secondary N) is 1. The lowest BCUT2D eigenvalue weighted by Crippen LogP contribution is -2.08. The van der Waals surface area contributed by atoms with Crippen LogP contribution in [0.5, 0.6) is 0 Å². The van der Waals surface area contributed by atoms with Gasteiger partial charge in [-0.25, -0.2) is 9.97 Å². The standard InChI is InChI=1S/C11H14ClN3/c1-6-9(12)14-11(7-2-3-7)15-10(6)13-8-4-5-8/h7-8H,2-5H2,1H3,(H,13,14,15). The van der Waals surface area contributed by atoms with E-state index < -0.39 is 0 Å². The van der Waals surface area contributed by atoms with Gasteiger partial charge in [0.2, 0.25) is 0 Å². The maximum Gasteiger partial charge on any atom is 0.137 e. The number of aromatic nitrogens is 2. The molecular weight excluding hydrogens is 210 g/mol. The van der Waals surface area contributed by atoms with Gasteiger partial charge in [0, 0.05) is 17.5 Å². The van der Waals surface area contributed by atoms with Crippen molar-refractivity contribution in [3.63, 3.8) is 0 Å². The SMILES string of the molecule is Cc1c(Cl)nc(C2CC2)nc1NC1CC1. The number of halogens is 1. The maximum atomic E-state index is 6.10. The first-order valence-electron chi connectivity index (χ1n) is 5.54. The minimum Gasteiger partial charge on any atom is -0.367 e. The predicted octanol–water partition coefficient (Wildman–Crippen LogP) is 2.89. The molecule has 2 aliphatic rings. The summed E-state index contributed by atoms with van der Waals surface area (Å²) in [6.45, 7) is 1.98. The van der Waals surface area contributed by atoms with Crippen LogP contribution < -0.4 is 5.32 Å². The Morgan fingerprint density at radius 3 is 2.53 bits per heavy atom. The second-order valence-corrected chi connectivity index (χ2v) is 4.90. The van der Waals surface area contributed by atoms with Crippen LogP contribution >= 0.6 is 11.6 Å². The van der Waals surface area contributed by atoms with E-state index >= 15 is 0 Å². The molecule has 80 valence electrons. The smallest absolute Gasteiger partial charge is 0.137 e. The Hall–Kier alpha value is -0.830. The van der Waals surface area contributed by atoms with E-state index in [4.69, 9.17) is 11.6 Å². The number of nitrogens with zero attached hydrogens (tertiary/aromatic N) is 2. The topological polar surface area (TPSA) is 37.8 Å². The molecule has 4 heteroatoms. The summed E-state index contributed by atoms with van der Waals surface area (Å²) in [7, 11) is 0. The molecule has 0 unspecified atom stereocenters. The van der Waals surface area contributed by atoms with Crippen molar-refractivity contribution in [3.05, 3.63) is 16.5 Å². The van der Waals surface area contributed by atoms with E-state index in [2.05, 4.69) is 15.3 Å². The van der Waals surface area contributed by atoms with Crippen molar-refractivity contribution in [2.24, 2.45) is 0 Å². The summed E-state index contributed by atoms with van der Waals surface area (Å²) in [4.78, 5) is 8.91. The fraction of sp³-hybridized carbons (Fsp3) is 0.636. The lowest BCUT2D eigenvalue weighted by atomic mass is 10.3. The molecule has 0 aliphatic heterocycles. The molecule has 0 amide bonds. The summed E-state index contributed by atoms with van der Waals surface area (Å²) >= 11 is 6.10. The van der Waals surface area contributed by atoms with E-state index in [9.17, 15) is 0 Å². The first kappa shape index (κ1) is 9.40. The average molecular weight is 224 g/mol. The number of hydrogen-bond acceptors (Lipinski definition) is 3. The Labute approximate surface area is 94.3 Å². The summed E-state index contributed by atoms with van der Waals surface area (Å²) in [5.74, 6) is 2.43. The average Bonchev–Trinajstić information content (AvgIpc) is 3.03. The third-order valence-corrected chi connectivity index (χ3v) is 3.33. The first-order chi connectivity index (χ1) is 7.24. The highest BCUT2D eigenvalue weighted by Gasteiger charge is 2.29. The Morgan fingerprint density at radius 1 is 1.20 bits per heavy atom. The van der Waals surface area contributed by atoms with Crippen LogP contribution in [-0.2, 0) is 0 Å². The molecule has 1 aromatic rings. The molecule has 3 nitrogen and oxygen atoms in total. The van der Waals surface area contributed by atoms with Gasteiger partial charge in [0.25, 0.3) is 0 Å². The highest BCUT2D eigenvalue weighted by Crippen LogP contribution is 2.39. The van der Waals surface area contributed by atoms with E-state index in [1.54, 1.807) is 0 Å². The van der Waals surface area contributed by atoms with Gasteiger partial charge in [0.1, 0.15) is 16.8 Å². The van der Waals surface area contributed by atoms with Gasteiger partial charge in [-0.05, 0) is 32.6 Å². The second-order valence-electron chi connectivity index (χ2n) is 4.54. The summed E-state index contributed by atoms with van der Waals surface area (Å²) in [5, 5.41) is 4.02. The van der Waals surface area contributed by atoms with Crippen molar-refractivity contribution in [1.82, 2.24) is 9.97 Å². The van der Waals surface area contributed by atoms with Gasteiger partial charge in [-0.1, -0.05) is 11.6 Å². The van der Waals surface area contributed by atoms with Gasteiger partial charge in [-0.3, -0.25) is 0 Å².